The summed E-state index contributed by atoms with van der Waals surface area (Å²) in [6, 6.07) is 0.261. The first-order valence-electron chi connectivity index (χ1n) is 6.07. The van der Waals surface area contributed by atoms with Gasteiger partial charge in [-0.2, -0.15) is 0 Å². The highest BCUT2D eigenvalue weighted by Gasteiger charge is 2.39. The average Bonchev–Trinajstić information content (AvgIpc) is 2.09. The molecule has 3 N–H and O–H groups in total. The molecule has 1 aliphatic carbocycles. The standard InChI is InChI=1S/C12H24N2O2/c1-9(13)7-10(2)14-11(15)8-12(16-3)5-4-6-12/h9-10H,4-8,13H2,1-3H3,(H,14,15). The van der Waals surface area contributed by atoms with E-state index in [1.165, 1.54) is 0 Å². The normalized spacial score (nSPS) is 22.0. The third kappa shape index (κ3) is 3.76. The van der Waals surface area contributed by atoms with Crippen molar-refractivity contribution in [3.63, 3.8) is 0 Å². The zero-order valence-corrected chi connectivity index (χ0v) is 10.6. The lowest BCUT2D eigenvalue weighted by atomic mass is 9.77. The molecule has 0 radical (unpaired) electrons. The van der Waals surface area contributed by atoms with Crippen molar-refractivity contribution in [3.8, 4) is 0 Å². The summed E-state index contributed by atoms with van der Waals surface area (Å²) in [7, 11) is 1.69. The lowest BCUT2D eigenvalue weighted by Crippen LogP contribution is -2.46. The van der Waals surface area contributed by atoms with Crippen LogP contribution in [0.25, 0.3) is 0 Å². The number of carbonyl (C=O) groups is 1. The number of hydrogen-bond acceptors (Lipinski definition) is 3. The van der Waals surface area contributed by atoms with Gasteiger partial charge in [-0.1, -0.05) is 0 Å². The van der Waals surface area contributed by atoms with E-state index in [2.05, 4.69) is 5.32 Å². The van der Waals surface area contributed by atoms with Gasteiger partial charge in [0.25, 0.3) is 0 Å². The summed E-state index contributed by atoms with van der Waals surface area (Å²) >= 11 is 0. The molecule has 0 aliphatic heterocycles. The highest BCUT2D eigenvalue weighted by molar-refractivity contribution is 5.77. The number of nitrogens with one attached hydrogen (secondary N) is 1. The predicted octanol–water partition coefficient (Wildman–Crippen LogP) is 1.19. The highest BCUT2D eigenvalue weighted by Crippen LogP contribution is 2.37. The summed E-state index contributed by atoms with van der Waals surface area (Å²) in [4.78, 5) is 11.8. The molecule has 0 bridgehead atoms. The highest BCUT2D eigenvalue weighted by atomic mass is 16.5. The molecule has 4 heteroatoms. The van der Waals surface area contributed by atoms with Gasteiger partial charge in [0.15, 0.2) is 0 Å². The number of nitrogens with two attached hydrogens (primary N) is 1. The summed E-state index contributed by atoms with van der Waals surface area (Å²) in [5.41, 5.74) is 5.50. The molecule has 4 nitrogen and oxygen atoms in total. The van der Waals surface area contributed by atoms with Crippen molar-refractivity contribution >= 4 is 5.91 Å². The largest absolute Gasteiger partial charge is 0.378 e. The van der Waals surface area contributed by atoms with Crippen LogP contribution in [0.5, 0.6) is 0 Å². The second-order valence-electron chi connectivity index (χ2n) is 5.10. The SMILES string of the molecule is COC1(CC(=O)NC(C)CC(C)N)CCC1. The Morgan fingerprint density at radius 2 is 2.12 bits per heavy atom. The smallest absolute Gasteiger partial charge is 0.223 e. The molecular weight excluding hydrogens is 204 g/mol. The first-order valence-corrected chi connectivity index (χ1v) is 6.07. The van der Waals surface area contributed by atoms with Crippen molar-refractivity contribution in [3.05, 3.63) is 0 Å². The molecule has 0 aromatic heterocycles. The van der Waals surface area contributed by atoms with Gasteiger partial charge in [-0.3, -0.25) is 4.79 Å². The maximum atomic E-state index is 11.8. The van der Waals surface area contributed by atoms with E-state index in [0.29, 0.717) is 6.42 Å². The van der Waals surface area contributed by atoms with E-state index in [0.717, 1.165) is 25.7 Å². The Bertz CT molecular complexity index is 232. The zero-order chi connectivity index (χ0) is 12.2. The number of methoxy groups -OCH3 is 1. The lowest BCUT2D eigenvalue weighted by molar-refractivity contribution is -0.134. The molecule has 0 spiro atoms. The Morgan fingerprint density at radius 3 is 2.50 bits per heavy atom. The van der Waals surface area contributed by atoms with Crippen LogP contribution in [-0.2, 0) is 9.53 Å². The maximum Gasteiger partial charge on any atom is 0.223 e. The average molecular weight is 228 g/mol. The summed E-state index contributed by atoms with van der Waals surface area (Å²) in [5, 5.41) is 2.97. The van der Waals surface area contributed by atoms with Gasteiger partial charge in [-0.05, 0) is 39.5 Å². The molecule has 2 unspecified atom stereocenters. The maximum absolute atomic E-state index is 11.8. The van der Waals surface area contributed by atoms with Crippen LogP contribution in [0, 0.1) is 0 Å². The molecule has 1 rings (SSSR count). The van der Waals surface area contributed by atoms with Gasteiger partial charge in [0.1, 0.15) is 0 Å². The Kier molecular flexibility index (Phi) is 4.74. The van der Waals surface area contributed by atoms with Crippen molar-refractivity contribution in [1.29, 1.82) is 0 Å². The van der Waals surface area contributed by atoms with Crippen LogP contribution in [0.3, 0.4) is 0 Å². The fourth-order valence-corrected chi connectivity index (χ4v) is 2.26. The molecule has 2 atom stereocenters. The minimum atomic E-state index is -0.182. The minimum Gasteiger partial charge on any atom is -0.378 e. The molecular formula is C12H24N2O2. The summed E-state index contributed by atoms with van der Waals surface area (Å²) in [6.07, 6.45) is 4.45. The molecule has 0 aromatic rings. The molecule has 94 valence electrons. The topological polar surface area (TPSA) is 64.3 Å². The van der Waals surface area contributed by atoms with Crippen molar-refractivity contribution < 1.29 is 9.53 Å². The number of carbonyl (C=O) groups excluding carboxylic acids is 1. The Balaban J connectivity index is 2.29. The molecule has 1 aliphatic rings. The first-order chi connectivity index (χ1) is 7.47. The molecule has 1 saturated carbocycles. The van der Waals surface area contributed by atoms with E-state index in [4.69, 9.17) is 10.5 Å². The van der Waals surface area contributed by atoms with E-state index in [9.17, 15) is 4.79 Å². The second-order valence-corrected chi connectivity index (χ2v) is 5.10. The van der Waals surface area contributed by atoms with E-state index < -0.39 is 0 Å². The van der Waals surface area contributed by atoms with Crippen molar-refractivity contribution in [1.82, 2.24) is 5.32 Å². The number of rotatable bonds is 6. The van der Waals surface area contributed by atoms with Gasteiger partial charge in [-0.25, -0.2) is 0 Å². The van der Waals surface area contributed by atoms with Crippen molar-refractivity contribution in [2.75, 3.05) is 7.11 Å². The fourth-order valence-electron chi connectivity index (χ4n) is 2.26. The van der Waals surface area contributed by atoms with Crippen LogP contribution >= 0.6 is 0 Å². The number of ether oxygens (including phenoxy) is 1. The van der Waals surface area contributed by atoms with E-state index in [1.54, 1.807) is 7.11 Å². The molecule has 1 fully saturated rings. The number of amides is 1. The lowest BCUT2D eigenvalue weighted by Gasteiger charge is -2.40. The fraction of sp³-hybridized carbons (Fsp3) is 0.917. The van der Waals surface area contributed by atoms with Crippen LogP contribution in [-0.4, -0.2) is 30.7 Å². The van der Waals surface area contributed by atoms with Gasteiger partial charge in [-0.15, -0.1) is 0 Å². The van der Waals surface area contributed by atoms with Crippen molar-refractivity contribution in [2.45, 2.75) is 63.6 Å². The molecule has 16 heavy (non-hydrogen) atoms. The van der Waals surface area contributed by atoms with Crippen LogP contribution in [0.1, 0.15) is 46.0 Å². The summed E-state index contributed by atoms with van der Waals surface area (Å²) in [6.45, 7) is 3.94. The van der Waals surface area contributed by atoms with Crippen LogP contribution in [0.4, 0.5) is 0 Å². The first kappa shape index (κ1) is 13.5. The number of hydrogen-bond donors (Lipinski definition) is 2. The van der Waals surface area contributed by atoms with Gasteiger partial charge in [0, 0.05) is 19.2 Å². The van der Waals surface area contributed by atoms with Gasteiger partial charge >= 0.3 is 0 Å². The summed E-state index contributed by atoms with van der Waals surface area (Å²) < 4.78 is 5.42. The molecule has 0 heterocycles. The van der Waals surface area contributed by atoms with Crippen LogP contribution in [0.2, 0.25) is 0 Å². The van der Waals surface area contributed by atoms with E-state index in [-0.39, 0.29) is 23.6 Å². The monoisotopic (exact) mass is 228 g/mol. The third-order valence-corrected chi connectivity index (χ3v) is 3.31. The predicted molar refractivity (Wildman–Crippen MR) is 64.1 cm³/mol. The minimum absolute atomic E-state index is 0.0784. The van der Waals surface area contributed by atoms with Gasteiger partial charge < -0.3 is 15.8 Å². The molecule has 1 amide bonds. The van der Waals surface area contributed by atoms with E-state index in [1.807, 2.05) is 13.8 Å². The quantitative estimate of drug-likeness (QED) is 0.717. The zero-order valence-electron chi connectivity index (χ0n) is 10.6. The summed E-state index contributed by atoms with van der Waals surface area (Å²) in [5.74, 6) is 0.0784. The van der Waals surface area contributed by atoms with Gasteiger partial charge in [0.2, 0.25) is 5.91 Å². The Hall–Kier alpha value is -0.610. The third-order valence-electron chi connectivity index (χ3n) is 3.31. The van der Waals surface area contributed by atoms with Gasteiger partial charge in [0.05, 0.1) is 12.0 Å². The Morgan fingerprint density at radius 1 is 1.50 bits per heavy atom. The van der Waals surface area contributed by atoms with Crippen LogP contribution in [0.15, 0.2) is 0 Å². The molecule has 0 saturated heterocycles. The second kappa shape index (κ2) is 5.64. The molecule has 0 aromatic carbocycles. The van der Waals surface area contributed by atoms with E-state index >= 15 is 0 Å². The van der Waals surface area contributed by atoms with Crippen LogP contribution < -0.4 is 11.1 Å². The van der Waals surface area contributed by atoms with Crippen molar-refractivity contribution in [2.24, 2.45) is 5.73 Å². The Labute approximate surface area is 97.9 Å².